The van der Waals surface area contributed by atoms with Gasteiger partial charge in [-0.3, -0.25) is 4.72 Å². The van der Waals surface area contributed by atoms with Gasteiger partial charge in [0.2, 0.25) is 0 Å². The van der Waals surface area contributed by atoms with Gasteiger partial charge in [-0.2, -0.15) is 13.2 Å². The summed E-state index contributed by atoms with van der Waals surface area (Å²) < 4.78 is 68.3. The van der Waals surface area contributed by atoms with E-state index in [1.165, 1.54) is 22.7 Å². The lowest BCUT2D eigenvalue weighted by atomic mass is 10.1. The summed E-state index contributed by atoms with van der Waals surface area (Å²) in [4.78, 5) is 4.43. The molecular weight excluding hydrogens is 463 g/mol. The summed E-state index contributed by atoms with van der Waals surface area (Å²) in [5, 5.41) is -0.140. The molecular formula is C22H17ClF3N3O2S. The molecule has 0 amide bonds. The Morgan fingerprint density at radius 1 is 1.06 bits per heavy atom. The molecule has 0 aliphatic rings. The maximum atomic E-state index is 13.1. The van der Waals surface area contributed by atoms with Crippen LogP contribution in [-0.2, 0) is 22.6 Å². The number of alkyl halides is 3. The molecule has 2 aromatic heterocycles. The quantitative estimate of drug-likeness (QED) is 0.380. The van der Waals surface area contributed by atoms with Crippen molar-refractivity contribution in [2.24, 2.45) is 0 Å². The molecule has 0 unspecified atom stereocenters. The molecule has 4 rings (SSSR count). The van der Waals surface area contributed by atoms with Gasteiger partial charge < -0.3 is 4.40 Å². The Labute approximate surface area is 187 Å². The van der Waals surface area contributed by atoms with Crippen LogP contribution in [0.3, 0.4) is 0 Å². The summed E-state index contributed by atoms with van der Waals surface area (Å²) in [6, 6.07) is 13.8. The first-order valence-electron chi connectivity index (χ1n) is 9.54. The number of nitrogens with one attached hydrogen (secondary N) is 1. The average molecular weight is 480 g/mol. The van der Waals surface area contributed by atoms with Crippen molar-refractivity contribution in [1.82, 2.24) is 9.38 Å². The maximum Gasteiger partial charge on any atom is 0.417 e. The van der Waals surface area contributed by atoms with Crippen molar-refractivity contribution in [3.63, 3.8) is 0 Å². The molecule has 5 nitrogen and oxygen atoms in total. The molecule has 32 heavy (non-hydrogen) atoms. The number of benzene rings is 2. The van der Waals surface area contributed by atoms with Crippen molar-refractivity contribution in [2.75, 3.05) is 4.72 Å². The zero-order chi connectivity index (χ0) is 23.1. The number of rotatable bonds is 5. The fraction of sp³-hybridized carbons (Fsp3) is 0.136. The van der Waals surface area contributed by atoms with Crippen LogP contribution in [0.1, 0.15) is 18.1 Å². The largest absolute Gasteiger partial charge is 0.417 e. The molecule has 0 fully saturated rings. The van der Waals surface area contributed by atoms with Gasteiger partial charge >= 0.3 is 6.18 Å². The molecule has 166 valence electrons. The van der Waals surface area contributed by atoms with E-state index >= 15 is 0 Å². The molecule has 0 bridgehead atoms. The molecule has 0 aliphatic carbocycles. The van der Waals surface area contributed by atoms with E-state index in [0.29, 0.717) is 16.9 Å². The van der Waals surface area contributed by atoms with E-state index < -0.39 is 21.8 Å². The highest BCUT2D eigenvalue weighted by Crippen LogP contribution is 2.33. The number of hydrogen-bond donors (Lipinski definition) is 1. The first kappa shape index (κ1) is 22.2. The molecule has 2 aromatic carbocycles. The predicted molar refractivity (Wildman–Crippen MR) is 117 cm³/mol. The average Bonchev–Trinajstić information content (AvgIpc) is 3.18. The number of anilines is 1. The summed E-state index contributed by atoms with van der Waals surface area (Å²) in [6.45, 7) is 1.98. The van der Waals surface area contributed by atoms with Gasteiger partial charge in [-0.15, -0.1) is 0 Å². The molecule has 2 heterocycles. The predicted octanol–water partition coefficient (Wildman–Crippen LogP) is 6.04. The first-order valence-corrected chi connectivity index (χ1v) is 11.4. The Morgan fingerprint density at radius 3 is 2.44 bits per heavy atom. The Kier molecular flexibility index (Phi) is 5.64. The van der Waals surface area contributed by atoms with Crippen molar-refractivity contribution < 1.29 is 21.6 Å². The van der Waals surface area contributed by atoms with E-state index in [9.17, 15) is 21.6 Å². The molecule has 1 N–H and O–H groups in total. The van der Waals surface area contributed by atoms with Crippen LogP contribution < -0.4 is 4.72 Å². The smallest absolute Gasteiger partial charge is 0.305 e. The molecule has 0 aliphatic heterocycles. The van der Waals surface area contributed by atoms with Crippen LogP contribution in [0, 0.1) is 0 Å². The van der Waals surface area contributed by atoms with Gasteiger partial charge in [0.25, 0.3) is 10.0 Å². The second-order valence-electron chi connectivity index (χ2n) is 7.12. The fourth-order valence-electron chi connectivity index (χ4n) is 3.21. The summed E-state index contributed by atoms with van der Waals surface area (Å²) in [5.74, 6) is 0. The number of aryl methyl sites for hydroxylation is 1. The zero-order valence-electron chi connectivity index (χ0n) is 16.7. The van der Waals surface area contributed by atoms with E-state index in [0.717, 1.165) is 24.2 Å². The van der Waals surface area contributed by atoms with Gasteiger partial charge in [-0.25, -0.2) is 13.4 Å². The molecule has 0 atom stereocenters. The van der Waals surface area contributed by atoms with Crippen LogP contribution in [0.4, 0.5) is 18.9 Å². The topological polar surface area (TPSA) is 63.5 Å². The van der Waals surface area contributed by atoms with E-state index in [1.54, 1.807) is 36.4 Å². The summed E-state index contributed by atoms with van der Waals surface area (Å²) >= 11 is 6.00. The number of pyridine rings is 1. The van der Waals surface area contributed by atoms with Crippen molar-refractivity contribution >= 4 is 33.0 Å². The molecule has 0 saturated heterocycles. The molecule has 0 saturated carbocycles. The van der Waals surface area contributed by atoms with Crippen LogP contribution in [0.5, 0.6) is 0 Å². The second-order valence-corrected chi connectivity index (χ2v) is 9.20. The SMILES string of the molecule is CCc1ccc(S(=O)(=O)Nc2cccc(-c3cn4cc(C(F)(F)F)cc(Cl)c4n3)c2)cc1. The highest BCUT2D eigenvalue weighted by Gasteiger charge is 2.32. The van der Waals surface area contributed by atoms with Crippen molar-refractivity contribution in [3.05, 3.63) is 83.1 Å². The standard InChI is InChI=1S/C22H17ClF3N3O2S/c1-2-14-6-8-18(9-7-14)32(30,31)28-17-5-3-4-15(10-17)20-13-29-12-16(22(24,25)26)11-19(23)21(29)27-20/h3-13,28H,2H2,1H3. The Bertz CT molecular complexity index is 1400. The fourth-order valence-corrected chi connectivity index (χ4v) is 4.52. The Balaban J connectivity index is 1.67. The third-order valence-electron chi connectivity index (χ3n) is 4.89. The van der Waals surface area contributed by atoms with Gasteiger partial charge in [0.1, 0.15) is 0 Å². The Morgan fingerprint density at radius 2 is 1.78 bits per heavy atom. The Hall–Kier alpha value is -3.04. The number of hydrogen-bond acceptors (Lipinski definition) is 3. The number of nitrogens with zero attached hydrogens (tertiary/aromatic N) is 2. The van der Waals surface area contributed by atoms with Gasteiger partial charge in [0.15, 0.2) is 5.65 Å². The maximum absolute atomic E-state index is 13.1. The van der Waals surface area contributed by atoms with Gasteiger partial charge in [-0.1, -0.05) is 42.8 Å². The third kappa shape index (κ3) is 4.44. The van der Waals surface area contributed by atoms with Crippen LogP contribution >= 0.6 is 11.6 Å². The lowest BCUT2D eigenvalue weighted by molar-refractivity contribution is -0.137. The molecule has 0 radical (unpaired) electrons. The van der Waals surface area contributed by atoms with E-state index in [1.807, 2.05) is 6.92 Å². The summed E-state index contributed by atoms with van der Waals surface area (Å²) in [6.07, 6.45) is -1.43. The van der Waals surface area contributed by atoms with Crippen LogP contribution in [-0.4, -0.2) is 17.8 Å². The van der Waals surface area contributed by atoms with E-state index in [4.69, 9.17) is 11.6 Å². The molecule has 4 aromatic rings. The number of aromatic nitrogens is 2. The zero-order valence-corrected chi connectivity index (χ0v) is 18.3. The normalized spacial score (nSPS) is 12.3. The third-order valence-corrected chi connectivity index (χ3v) is 6.56. The lowest BCUT2D eigenvalue weighted by Crippen LogP contribution is -2.12. The lowest BCUT2D eigenvalue weighted by Gasteiger charge is -2.09. The first-order chi connectivity index (χ1) is 15.1. The highest BCUT2D eigenvalue weighted by atomic mass is 35.5. The van der Waals surface area contributed by atoms with Gasteiger partial charge in [-0.05, 0) is 42.3 Å². The monoisotopic (exact) mass is 479 g/mol. The minimum absolute atomic E-state index is 0.124. The second kappa shape index (κ2) is 8.14. The van der Waals surface area contributed by atoms with Crippen LogP contribution in [0.2, 0.25) is 5.02 Å². The molecule has 0 spiro atoms. The van der Waals surface area contributed by atoms with E-state index in [2.05, 4.69) is 9.71 Å². The van der Waals surface area contributed by atoms with Crippen molar-refractivity contribution in [1.29, 1.82) is 0 Å². The van der Waals surface area contributed by atoms with E-state index in [-0.39, 0.29) is 15.6 Å². The number of halogens is 4. The summed E-state index contributed by atoms with van der Waals surface area (Å²) in [7, 11) is -3.81. The minimum atomic E-state index is -4.55. The van der Waals surface area contributed by atoms with Gasteiger partial charge in [0.05, 0.1) is 21.2 Å². The number of sulfonamides is 1. The minimum Gasteiger partial charge on any atom is -0.305 e. The van der Waals surface area contributed by atoms with Crippen molar-refractivity contribution in [2.45, 2.75) is 24.4 Å². The highest BCUT2D eigenvalue weighted by molar-refractivity contribution is 7.92. The number of fused-ring (bicyclic) bond motifs is 1. The van der Waals surface area contributed by atoms with Gasteiger partial charge in [0, 0.05) is 23.6 Å². The molecule has 10 heteroatoms. The van der Waals surface area contributed by atoms with Crippen LogP contribution in [0.15, 0.2) is 71.9 Å². The van der Waals surface area contributed by atoms with Crippen LogP contribution in [0.25, 0.3) is 16.9 Å². The van der Waals surface area contributed by atoms with Crippen molar-refractivity contribution in [3.8, 4) is 11.3 Å². The number of imidazole rings is 1. The summed E-state index contributed by atoms with van der Waals surface area (Å²) in [5.41, 5.74) is 1.44.